The molecule has 0 bridgehead atoms. The maximum absolute atomic E-state index is 13.1. The number of amides is 1. The Labute approximate surface area is 126 Å². The lowest BCUT2D eigenvalue weighted by molar-refractivity contribution is -0.123. The molecule has 20 heavy (non-hydrogen) atoms. The number of halogens is 2. The van der Waals surface area contributed by atoms with Crippen molar-refractivity contribution in [1.82, 2.24) is 5.32 Å². The van der Waals surface area contributed by atoms with Crippen LogP contribution in [0.2, 0.25) is 0 Å². The first-order chi connectivity index (χ1) is 9.40. The minimum Gasteiger partial charge on any atom is -0.396 e. The van der Waals surface area contributed by atoms with Crippen LogP contribution in [0.15, 0.2) is 22.7 Å². The molecule has 1 amide bonds. The number of aliphatic hydroxyl groups is 1. The molecule has 0 spiro atoms. The Hall–Kier alpha value is -0.980. The van der Waals surface area contributed by atoms with E-state index in [9.17, 15) is 9.18 Å². The van der Waals surface area contributed by atoms with Gasteiger partial charge in [0, 0.05) is 13.7 Å². The zero-order valence-corrected chi connectivity index (χ0v) is 13.2. The van der Waals surface area contributed by atoms with Crippen molar-refractivity contribution in [3.05, 3.63) is 34.1 Å². The Kier molecular flexibility index (Phi) is 6.58. The largest absolute Gasteiger partial charge is 0.396 e. The minimum absolute atomic E-state index is 0.0394. The van der Waals surface area contributed by atoms with Gasteiger partial charge in [0.25, 0.3) is 0 Å². The van der Waals surface area contributed by atoms with Gasteiger partial charge in [-0.1, -0.05) is 6.07 Å². The van der Waals surface area contributed by atoms with Gasteiger partial charge in [-0.3, -0.25) is 4.79 Å². The second-order valence-electron chi connectivity index (χ2n) is 4.94. The van der Waals surface area contributed by atoms with Gasteiger partial charge < -0.3 is 15.2 Å². The van der Waals surface area contributed by atoms with Crippen LogP contribution in [0.25, 0.3) is 0 Å². The molecule has 1 aromatic rings. The SMILES string of the molecule is COCC(C)(CCO)NC(=O)Cc1ccc(F)c(Br)c1. The van der Waals surface area contributed by atoms with Crippen molar-refractivity contribution in [2.75, 3.05) is 20.3 Å². The van der Waals surface area contributed by atoms with Gasteiger partial charge in [0.1, 0.15) is 5.82 Å². The van der Waals surface area contributed by atoms with Crippen LogP contribution in [0.1, 0.15) is 18.9 Å². The number of carbonyl (C=O) groups is 1. The molecule has 1 rings (SSSR count). The number of methoxy groups -OCH3 is 1. The molecule has 0 fully saturated rings. The molecule has 2 N–H and O–H groups in total. The first kappa shape index (κ1) is 17.1. The molecule has 0 aliphatic rings. The summed E-state index contributed by atoms with van der Waals surface area (Å²) in [5.74, 6) is -0.560. The van der Waals surface area contributed by atoms with Gasteiger partial charge in [-0.25, -0.2) is 4.39 Å². The van der Waals surface area contributed by atoms with Crippen molar-refractivity contribution in [3.8, 4) is 0 Å². The summed E-state index contributed by atoms with van der Waals surface area (Å²) in [6.45, 7) is 2.08. The van der Waals surface area contributed by atoms with E-state index in [1.807, 2.05) is 6.92 Å². The van der Waals surface area contributed by atoms with E-state index in [0.29, 0.717) is 23.1 Å². The second kappa shape index (κ2) is 7.71. The van der Waals surface area contributed by atoms with Gasteiger partial charge in [0.2, 0.25) is 5.91 Å². The number of rotatable bonds is 7. The van der Waals surface area contributed by atoms with Crippen LogP contribution in [0.5, 0.6) is 0 Å². The molecule has 0 saturated carbocycles. The third-order valence-corrected chi connectivity index (χ3v) is 3.52. The fraction of sp³-hybridized carbons (Fsp3) is 0.500. The van der Waals surface area contributed by atoms with E-state index in [0.717, 1.165) is 0 Å². The number of benzene rings is 1. The maximum atomic E-state index is 13.1. The topological polar surface area (TPSA) is 58.6 Å². The van der Waals surface area contributed by atoms with Crippen LogP contribution in [-0.2, 0) is 16.0 Å². The second-order valence-corrected chi connectivity index (χ2v) is 5.80. The van der Waals surface area contributed by atoms with Crippen LogP contribution in [0.3, 0.4) is 0 Å². The number of aliphatic hydroxyl groups excluding tert-OH is 1. The minimum atomic E-state index is -0.613. The predicted octanol–water partition coefficient (Wildman–Crippen LogP) is 2.03. The molecule has 0 radical (unpaired) electrons. The zero-order chi connectivity index (χ0) is 15.2. The Bertz CT molecular complexity index is 462. The fourth-order valence-corrected chi connectivity index (χ4v) is 2.38. The molecule has 0 aromatic heterocycles. The summed E-state index contributed by atoms with van der Waals surface area (Å²) in [4.78, 5) is 12.0. The molecule has 1 aromatic carbocycles. The smallest absolute Gasteiger partial charge is 0.224 e. The van der Waals surface area contributed by atoms with Gasteiger partial charge in [0.05, 0.1) is 23.0 Å². The van der Waals surface area contributed by atoms with Crippen LogP contribution in [0, 0.1) is 5.82 Å². The standard InChI is InChI=1S/C14H19BrFNO3/c1-14(5-6-18,9-20-2)17-13(19)8-10-3-4-12(16)11(15)7-10/h3-4,7,18H,5-6,8-9H2,1-2H3,(H,17,19). The molecule has 0 heterocycles. The van der Waals surface area contributed by atoms with E-state index in [-0.39, 0.29) is 24.8 Å². The molecule has 6 heteroatoms. The van der Waals surface area contributed by atoms with Crippen molar-refractivity contribution < 1.29 is 19.0 Å². The van der Waals surface area contributed by atoms with Crippen LogP contribution >= 0.6 is 15.9 Å². The highest BCUT2D eigenvalue weighted by Gasteiger charge is 2.25. The number of carbonyl (C=O) groups excluding carboxylic acids is 1. The lowest BCUT2D eigenvalue weighted by Gasteiger charge is -2.29. The summed E-state index contributed by atoms with van der Waals surface area (Å²) < 4.78 is 18.5. The Morgan fingerprint density at radius 2 is 2.25 bits per heavy atom. The molecular formula is C14H19BrFNO3. The van der Waals surface area contributed by atoms with E-state index >= 15 is 0 Å². The van der Waals surface area contributed by atoms with Crippen LogP contribution < -0.4 is 5.32 Å². The lowest BCUT2D eigenvalue weighted by atomic mass is 9.98. The average molecular weight is 348 g/mol. The lowest BCUT2D eigenvalue weighted by Crippen LogP contribution is -2.50. The molecule has 1 atom stereocenters. The van der Waals surface area contributed by atoms with Gasteiger partial charge in [0.15, 0.2) is 0 Å². The highest BCUT2D eigenvalue weighted by Crippen LogP contribution is 2.17. The highest BCUT2D eigenvalue weighted by atomic mass is 79.9. The van der Waals surface area contributed by atoms with Crippen molar-refractivity contribution in [3.63, 3.8) is 0 Å². The third kappa shape index (κ3) is 5.19. The Balaban J connectivity index is 2.67. The number of nitrogens with one attached hydrogen (secondary N) is 1. The monoisotopic (exact) mass is 347 g/mol. The van der Waals surface area contributed by atoms with Crippen LogP contribution in [-0.4, -0.2) is 36.9 Å². The van der Waals surface area contributed by atoms with Gasteiger partial charge >= 0.3 is 0 Å². The van der Waals surface area contributed by atoms with E-state index in [1.165, 1.54) is 6.07 Å². The Morgan fingerprint density at radius 3 is 2.80 bits per heavy atom. The van der Waals surface area contributed by atoms with Gasteiger partial charge in [-0.2, -0.15) is 0 Å². The fourth-order valence-electron chi connectivity index (χ4n) is 1.95. The Morgan fingerprint density at radius 1 is 1.55 bits per heavy atom. The quantitative estimate of drug-likeness (QED) is 0.793. The van der Waals surface area contributed by atoms with Gasteiger partial charge in [-0.15, -0.1) is 0 Å². The molecule has 0 saturated heterocycles. The zero-order valence-electron chi connectivity index (χ0n) is 11.6. The number of hydrogen-bond donors (Lipinski definition) is 2. The normalized spacial score (nSPS) is 13.8. The van der Waals surface area contributed by atoms with Gasteiger partial charge in [-0.05, 0) is 47.0 Å². The number of ether oxygens (including phenoxy) is 1. The average Bonchev–Trinajstić information content (AvgIpc) is 2.34. The first-order valence-electron chi connectivity index (χ1n) is 6.25. The predicted molar refractivity (Wildman–Crippen MR) is 77.9 cm³/mol. The van der Waals surface area contributed by atoms with E-state index in [4.69, 9.17) is 9.84 Å². The van der Waals surface area contributed by atoms with E-state index in [1.54, 1.807) is 19.2 Å². The summed E-state index contributed by atoms with van der Waals surface area (Å²) in [6.07, 6.45) is 0.545. The van der Waals surface area contributed by atoms with E-state index < -0.39 is 5.54 Å². The summed E-state index contributed by atoms with van der Waals surface area (Å²) in [5.41, 5.74) is 0.0947. The summed E-state index contributed by atoms with van der Waals surface area (Å²) >= 11 is 3.09. The molecule has 0 aliphatic carbocycles. The van der Waals surface area contributed by atoms with Crippen molar-refractivity contribution in [2.24, 2.45) is 0 Å². The maximum Gasteiger partial charge on any atom is 0.224 e. The molecule has 0 aliphatic heterocycles. The summed E-state index contributed by atoms with van der Waals surface area (Å²) in [5, 5.41) is 11.9. The molecular weight excluding hydrogens is 329 g/mol. The molecule has 4 nitrogen and oxygen atoms in total. The summed E-state index contributed by atoms with van der Waals surface area (Å²) in [7, 11) is 1.54. The van der Waals surface area contributed by atoms with Crippen molar-refractivity contribution in [2.45, 2.75) is 25.3 Å². The first-order valence-corrected chi connectivity index (χ1v) is 7.04. The van der Waals surface area contributed by atoms with Crippen molar-refractivity contribution >= 4 is 21.8 Å². The van der Waals surface area contributed by atoms with E-state index in [2.05, 4.69) is 21.2 Å². The van der Waals surface area contributed by atoms with Crippen molar-refractivity contribution in [1.29, 1.82) is 0 Å². The summed E-state index contributed by atoms with van der Waals surface area (Å²) in [6, 6.07) is 4.46. The third-order valence-electron chi connectivity index (χ3n) is 2.92. The number of hydrogen-bond acceptors (Lipinski definition) is 3. The highest BCUT2D eigenvalue weighted by molar-refractivity contribution is 9.10. The molecule has 1 unspecified atom stereocenters. The van der Waals surface area contributed by atoms with Crippen LogP contribution in [0.4, 0.5) is 4.39 Å². The molecule has 112 valence electrons.